The van der Waals surface area contributed by atoms with Crippen molar-refractivity contribution >= 4 is 0 Å². The van der Waals surface area contributed by atoms with Crippen molar-refractivity contribution in [1.82, 2.24) is 9.88 Å². The molecule has 2 rings (SSSR count). The Bertz CT molecular complexity index is 669. The standard InChI is InChI=1S/C18H23F3N2/c1-12(2)10-22-11-15-8-13(3)23(14(15)4)17-7-5-6-16(9-17)18(19,20)21/h5-9,12,22H,10-11H2,1-4H3. The molecule has 0 saturated heterocycles. The highest BCUT2D eigenvalue weighted by Crippen LogP contribution is 2.31. The highest BCUT2D eigenvalue weighted by Gasteiger charge is 2.30. The van der Waals surface area contributed by atoms with E-state index in [-0.39, 0.29) is 0 Å². The van der Waals surface area contributed by atoms with Crippen molar-refractivity contribution in [3.05, 3.63) is 52.8 Å². The summed E-state index contributed by atoms with van der Waals surface area (Å²) in [5.74, 6) is 0.557. The molecule has 0 radical (unpaired) electrons. The van der Waals surface area contributed by atoms with Gasteiger partial charge in [-0.25, -0.2) is 0 Å². The van der Waals surface area contributed by atoms with E-state index in [1.54, 1.807) is 6.07 Å². The van der Waals surface area contributed by atoms with Gasteiger partial charge in [0.25, 0.3) is 0 Å². The van der Waals surface area contributed by atoms with Gasteiger partial charge in [0.1, 0.15) is 0 Å². The zero-order chi connectivity index (χ0) is 17.2. The fourth-order valence-electron chi connectivity index (χ4n) is 2.72. The Balaban J connectivity index is 2.32. The van der Waals surface area contributed by atoms with Crippen molar-refractivity contribution < 1.29 is 13.2 Å². The summed E-state index contributed by atoms with van der Waals surface area (Å²) in [6, 6.07) is 7.49. The zero-order valence-electron chi connectivity index (χ0n) is 14.0. The second kappa shape index (κ2) is 6.79. The Morgan fingerprint density at radius 1 is 1.13 bits per heavy atom. The average molecular weight is 324 g/mol. The Morgan fingerprint density at radius 3 is 2.43 bits per heavy atom. The highest BCUT2D eigenvalue weighted by atomic mass is 19.4. The lowest BCUT2D eigenvalue weighted by Gasteiger charge is -2.13. The molecule has 2 aromatic rings. The van der Waals surface area contributed by atoms with Gasteiger partial charge in [0.05, 0.1) is 5.56 Å². The summed E-state index contributed by atoms with van der Waals surface area (Å²) in [5, 5.41) is 3.38. The maximum Gasteiger partial charge on any atom is 0.416 e. The van der Waals surface area contributed by atoms with Crippen LogP contribution in [0.25, 0.3) is 5.69 Å². The van der Waals surface area contributed by atoms with Gasteiger partial charge in [-0.05, 0) is 56.1 Å². The minimum absolute atomic E-state index is 0.546. The highest BCUT2D eigenvalue weighted by molar-refractivity contribution is 5.43. The molecule has 0 aliphatic carbocycles. The van der Waals surface area contributed by atoms with Gasteiger partial charge in [0, 0.05) is 23.6 Å². The SMILES string of the molecule is Cc1cc(CNCC(C)C)c(C)n1-c1cccc(C(F)(F)F)c1. The van der Waals surface area contributed by atoms with Crippen LogP contribution in [0.4, 0.5) is 13.2 Å². The molecule has 1 heterocycles. The third-order valence-electron chi connectivity index (χ3n) is 3.84. The summed E-state index contributed by atoms with van der Waals surface area (Å²) < 4.78 is 40.6. The molecular weight excluding hydrogens is 301 g/mol. The topological polar surface area (TPSA) is 17.0 Å². The summed E-state index contributed by atoms with van der Waals surface area (Å²) >= 11 is 0. The number of rotatable bonds is 5. The van der Waals surface area contributed by atoms with E-state index in [1.807, 2.05) is 24.5 Å². The van der Waals surface area contributed by atoms with Gasteiger partial charge in [-0.2, -0.15) is 13.2 Å². The Morgan fingerprint density at radius 2 is 1.83 bits per heavy atom. The Hall–Kier alpha value is -1.75. The molecule has 0 atom stereocenters. The van der Waals surface area contributed by atoms with Crippen LogP contribution in [0.1, 0.15) is 36.4 Å². The molecule has 126 valence electrons. The molecule has 1 N–H and O–H groups in total. The molecule has 0 saturated carbocycles. The Kier molecular flexibility index (Phi) is 5.19. The summed E-state index contributed by atoms with van der Waals surface area (Å²) in [7, 11) is 0. The monoisotopic (exact) mass is 324 g/mol. The quantitative estimate of drug-likeness (QED) is 0.831. The minimum atomic E-state index is -4.33. The molecule has 1 aromatic heterocycles. The first-order chi connectivity index (χ1) is 10.7. The predicted molar refractivity (Wildman–Crippen MR) is 86.8 cm³/mol. The number of nitrogens with zero attached hydrogens (tertiary/aromatic N) is 1. The summed E-state index contributed by atoms with van der Waals surface area (Å²) in [5.41, 5.74) is 2.94. The van der Waals surface area contributed by atoms with Gasteiger partial charge in [-0.1, -0.05) is 19.9 Å². The number of aromatic nitrogens is 1. The fraction of sp³-hybridized carbons (Fsp3) is 0.444. The molecule has 0 aliphatic heterocycles. The lowest BCUT2D eigenvalue weighted by atomic mass is 10.2. The Labute approximate surface area is 135 Å². The van der Waals surface area contributed by atoms with E-state index in [0.29, 0.717) is 11.6 Å². The van der Waals surface area contributed by atoms with Crippen molar-refractivity contribution in [2.75, 3.05) is 6.54 Å². The van der Waals surface area contributed by atoms with E-state index < -0.39 is 11.7 Å². The lowest BCUT2D eigenvalue weighted by molar-refractivity contribution is -0.137. The summed E-state index contributed by atoms with van der Waals surface area (Å²) in [4.78, 5) is 0. The van der Waals surface area contributed by atoms with E-state index in [1.165, 1.54) is 12.1 Å². The third kappa shape index (κ3) is 4.16. The minimum Gasteiger partial charge on any atom is -0.318 e. The third-order valence-corrected chi connectivity index (χ3v) is 3.84. The number of nitrogens with one attached hydrogen (secondary N) is 1. The number of alkyl halides is 3. The normalized spacial score (nSPS) is 12.2. The first kappa shape index (κ1) is 17.6. The number of halogens is 3. The van der Waals surface area contributed by atoms with Crippen LogP contribution in [-0.4, -0.2) is 11.1 Å². The van der Waals surface area contributed by atoms with Crippen molar-refractivity contribution in [2.45, 2.75) is 40.4 Å². The van der Waals surface area contributed by atoms with Crippen molar-refractivity contribution in [3.63, 3.8) is 0 Å². The molecule has 5 heteroatoms. The largest absolute Gasteiger partial charge is 0.416 e. The van der Waals surface area contributed by atoms with Gasteiger partial charge in [-0.15, -0.1) is 0 Å². The van der Waals surface area contributed by atoms with Gasteiger partial charge < -0.3 is 9.88 Å². The molecule has 2 nitrogen and oxygen atoms in total. The van der Waals surface area contributed by atoms with Crippen molar-refractivity contribution in [3.8, 4) is 5.69 Å². The van der Waals surface area contributed by atoms with Crippen LogP contribution in [0.3, 0.4) is 0 Å². The first-order valence-electron chi connectivity index (χ1n) is 7.76. The van der Waals surface area contributed by atoms with E-state index in [0.717, 1.165) is 36.1 Å². The number of aryl methyl sites for hydroxylation is 1. The second-order valence-electron chi connectivity index (χ2n) is 6.30. The van der Waals surface area contributed by atoms with Gasteiger partial charge in [0.2, 0.25) is 0 Å². The van der Waals surface area contributed by atoms with Crippen molar-refractivity contribution in [1.29, 1.82) is 0 Å². The number of hydrogen-bond donors (Lipinski definition) is 1. The van der Waals surface area contributed by atoms with E-state index >= 15 is 0 Å². The van der Waals surface area contributed by atoms with Gasteiger partial charge in [0.15, 0.2) is 0 Å². The molecular formula is C18H23F3N2. The van der Waals surface area contributed by atoms with E-state index in [2.05, 4.69) is 19.2 Å². The van der Waals surface area contributed by atoms with Gasteiger partial charge in [-0.3, -0.25) is 0 Å². The number of benzene rings is 1. The maximum absolute atomic E-state index is 12.9. The number of hydrogen-bond acceptors (Lipinski definition) is 1. The first-order valence-corrected chi connectivity index (χ1v) is 7.76. The molecule has 0 unspecified atom stereocenters. The molecule has 0 aliphatic rings. The molecule has 0 spiro atoms. The van der Waals surface area contributed by atoms with Crippen molar-refractivity contribution in [2.24, 2.45) is 5.92 Å². The van der Waals surface area contributed by atoms with Crippen LogP contribution in [0, 0.1) is 19.8 Å². The molecule has 0 amide bonds. The fourth-order valence-corrected chi connectivity index (χ4v) is 2.72. The second-order valence-corrected chi connectivity index (χ2v) is 6.30. The molecule has 1 aromatic carbocycles. The predicted octanol–water partition coefficient (Wildman–Crippen LogP) is 4.86. The zero-order valence-corrected chi connectivity index (χ0v) is 14.0. The summed E-state index contributed by atoms with van der Waals surface area (Å²) in [6.07, 6.45) is -4.33. The lowest BCUT2D eigenvalue weighted by Crippen LogP contribution is -2.19. The maximum atomic E-state index is 12.9. The van der Waals surface area contributed by atoms with E-state index in [9.17, 15) is 13.2 Å². The molecule has 0 fully saturated rings. The molecule has 0 bridgehead atoms. The van der Waals surface area contributed by atoms with Crippen LogP contribution < -0.4 is 5.32 Å². The average Bonchev–Trinajstić information content (AvgIpc) is 2.72. The van der Waals surface area contributed by atoms with Crippen LogP contribution >= 0.6 is 0 Å². The van der Waals surface area contributed by atoms with Crippen LogP contribution in [0.2, 0.25) is 0 Å². The van der Waals surface area contributed by atoms with Crippen LogP contribution in [0.5, 0.6) is 0 Å². The summed E-state index contributed by atoms with van der Waals surface area (Å²) in [6.45, 7) is 9.76. The van der Waals surface area contributed by atoms with Crippen LogP contribution in [-0.2, 0) is 12.7 Å². The molecule has 23 heavy (non-hydrogen) atoms. The van der Waals surface area contributed by atoms with Crippen LogP contribution in [0.15, 0.2) is 30.3 Å². The smallest absolute Gasteiger partial charge is 0.318 e. The van der Waals surface area contributed by atoms with Gasteiger partial charge >= 0.3 is 6.18 Å². The van der Waals surface area contributed by atoms with E-state index in [4.69, 9.17) is 0 Å².